The van der Waals surface area contributed by atoms with Gasteiger partial charge in [0.25, 0.3) is 5.56 Å². The van der Waals surface area contributed by atoms with Gasteiger partial charge in [-0.15, -0.1) is 0 Å². The zero-order valence-electron chi connectivity index (χ0n) is 17.7. The Morgan fingerprint density at radius 1 is 1.21 bits per heavy atom. The summed E-state index contributed by atoms with van der Waals surface area (Å²) in [4.78, 5) is 34.6. The zero-order valence-corrected chi connectivity index (χ0v) is 18.4. The molecule has 6 nitrogen and oxygen atoms in total. The van der Waals surface area contributed by atoms with Gasteiger partial charge in [-0.3, -0.25) is 9.59 Å². The number of carbonyl (C=O) groups is 1. The summed E-state index contributed by atoms with van der Waals surface area (Å²) >= 11 is 5.74. The summed E-state index contributed by atoms with van der Waals surface area (Å²) in [6, 6.07) is 3.29. The highest BCUT2D eigenvalue weighted by Gasteiger charge is 2.41. The summed E-state index contributed by atoms with van der Waals surface area (Å²) in [6.07, 6.45) is -3.56. The number of nitrogens with one attached hydrogen (secondary N) is 1. The highest BCUT2D eigenvalue weighted by molar-refractivity contribution is 6.31. The fraction of sp³-hybridized carbons (Fsp3) is 0.227. The molecule has 0 saturated carbocycles. The lowest BCUT2D eigenvalue weighted by molar-refractivity contribution is -0.137. The van der Waals surface area contributed by atoms with Gasteiger partial charge in [-0.1, -0.05) is 11.6 Å². The predicted octanol–water partition coefficient (Wildman–Crippen LogP) is 4.75. The number of likely N-dealkylation sites (N-methyl/N-ethyl adjacent to an activating group) is 1. The molecule has 1 N–H and O–H groups in total. The molecule has 0 aliphatic carbocycles. The summed E-state index contributed by atoms with van der Waals surface area (Å²) < 4.78 is 68.4. The van der Waals surface area contributed by atoms with Gasteiger partial charge in [0.05, 0.1) is 22.0 Å². The molecule has 178 valence electrons. The second-order valence-electron chi connectivity index (χ2n) is 7.73. The number of hydrogen-bond acceptors (Lipinski definition) is 4. The number of anilines is 3. The third-order valence-corrected chi connectivity index (χ3v) is 5.78. The van der Waals surface area contributed by atoms with Gasteiger partial charge in [0.1, 0.15) is 23.5 Å². The van der Waals surface area contributed by atoms with Crippen molar-refractivity contribution in [3.63, 3.8) is 0 Å². The Labute approximate surface area is 194 Å². The van der Waals surface area contributed by atoms with Crippen LogP contribution in [0.1, 0.15) is 16.8 Å². The fourth-order valence-corrected chi connectivity index (χ4v) is 4.06. The zero-order chi connectivity index (χ0) is 24.9. The van der Waals surface area contributed by atoms with Gasteiger partial charge in [0, 0.05) is 37.0 Å². The van der Waals surface area contributed by atoms with E-state index in [4.69, 9.17) is 11.6 Å². The first-order valence-electron chi connectivity index (χ1n) is 9.86. The normalized spacial score (nSPS) is 15.4. The van der Waals surface area contributed by atoms with E-state index >= 15 is 0 Å². The van der Waals surface area contributed by atoms with Crippen molar-refractivity contribution >= 4 is 34.7 Å². The third kappa shape index (κ3) is 4.11. The number of carbonyl (C=O) groups excluding carboxylic acids is 1. The molecule has 0 bridgehead atoms. The molecule has 1 aliphatic rings. The van der Waals surface area contributed by atoms with Gasteiger partial charge < -0.3 is 14.8 Å². The molecule has 0 spiro atoms. The van der Waals surface area contributed by atoms with Crippen LogP contribution in [-0.4, -0.2) is 29.0 Å². The second kappa shape index (κ2) is 8.39. The first-order valence-corrected chi connectivity index (χ1v) is 10.2. The lowest BCUT2D eigenvalue weighted by Crippen LogP contribution is -2.45. The number of amides is 1. The van der Waals surface area contributed by atoms with E-state index in [1.807, 2.05) is 0 Å². The first-order chi connectivity index (χ1) is 15.9. The number of pyridine rings is 2. The molecule has 4 rings (SSSR count). The van der Waals surface area contributed by atoms with Crippen LogP contribution in [0.5, 0.6) is 0 Å². The molecular weight excluding hydrogens is 483 g/mol. The van der Waals surface area contributed by atoms with Crippen molar-refractivity contribution in [2.75, 3.05) is 16.8 Å². The number of nitrogens with zero attached hydrogens (tertiary/aromatic N) is 3. The summed E-state index contributed by atoms with van der Waals surface area (Å²) in [6.45, 7) is 1.37. The standard InChI is InChI=1S/C22H16ClF5N4O2/c1-10-5-11(22(26,27)28)6-19(30-10)32-16-3-4-29-20(33)12(16)7-18(32)21(34)31(2)17-8-13(23)14(24)9-15(17)25/h3-6,8-9,18H,7H2,1-2H3,(H,29,33)/t18-/m0/s1. The maximum atomic E-state index is 14.4. The smallest absolute Gasteiger partial charge is 0.329 e. The van der Waals surface area contributed by atoms with Crippen LogP contribution in [0, 0.1) is 18.6 Å². The van der Waals surface area contributed by atoms with Crippen molar-refractivity contribution in [3.8, 4) is 0 Å². The third-order valence-electron chi connectivity index (χ3n) is 5.49. The van der Waals surface area contributed by atoms with Crippen LogP contribution in [0.25, 0.3) is 0 Å². The van der Waals surface area contributed by atoms with Gasteiger partial charge in [-0.2, -0.15) is 13.2 Å². The lowest BCUT2D eigenvalue weighted by Gasteiger charge is -2.30. The van der Waals surface area contributed by atoms with Crippen molar-refractivity contribution in [1.29, 1.82) is 0 Å². The van der Waals surface area contributed by atoms with Crippen molar-refractivity contribution in [3.05, 3.63) is 80.4 Å². The first kappa shape index (κ1) is 23.7. The predicted molar refractivity (Wildman–Crippen MR) is 115 cm³/mol. The SMILES string of the molecule is Cc1cc(C(F)(F)F)cc(N2c3cc[nH]c(=O)c3C[C@H]2C(=O)N(C)c2cc(Cl)c(F)cc2F)n1. The van der Waals surface area contributed by atoms with Gasteiger partial charge >= 0.3 is 6.18 Å². The van der Waals surface area contributed by atoms with Crippen LogP contribution >= 0.6 is 11.6 Å². The topological polar surface area (TPSA) is 69.3 Å². The van der Waals surface area contributed by atoms with E-state index in [0.29, 0.717) is 6.07 Å². The van der Waals surface area contributed by atoms with E-state index < -0.39 is 45.9 Å². The van der Waals surface area contributed by atoms with Gasteiger partial charge in [-0.05, 0) is 31.2 Å². The number of halogens is 6. The van der Waals surface area contributed by atoms with E-state index in [2.05, 4.69) is 9.97 Å². The minimum atomic E-state index is -4.68. The highest BCUT2D eigenvalue weighted by Crippen LogP contribution is 2.39. The van der Waals surface area contributed by atoms with E-state index in [1.165, 1.54) is 31.1 Å². The van der Waals surface area contributed by atoms with Crippen LogP contribution in [0.4, 0.5) is 39.1 Å². The Hall–Kier alpha value is -3.47. The van der Waals surface area contributed by atoms with Crippen LogP contribution in [0.3, 0.4) is 0 Å². The van der Waals surface area contributed by atoms with Gasteiger partial charge in [-0.25, -0.2) is 13.8 Å². The quantitative estimate of drug-likeness (QED) is 0.418. The number of rotatable bonds is 3. The summed E-state index contributed by atoms with van der Waals surface area (Å²) in [5.74, 6) is -3.06. The van der Waals surface area contributed by atoms with E-state index in [0.717, 1.165) is 23.1 Å². The number of alkyl halides is 3. The van der Waals surface area contributed by atoms with Crippen LogP contribution in [-0.2, 0) is 17.4 Å². The minimum absolute atomic E-state index is 0.0408. The van der Waals surface area contributed by atoms with E-state index in [1.54, 1.807) is 0 Å². The number of hydrogen-bond donors (Lipinski definition) is 1. The molecule has 0 saturated heterocycles. The van der Waals surface area contributed by atoms with E-state index in [9.17, 15) is 31.5 Å². The maximum absolute atomic E-state index is 14.4. The lowest BCUT2D eigenvalue weighted by atomic mass is 10.1. The Bertz CT molecular complexity index is 1360. The number of aryl methyl sites for hydroxylation is 1. The molecule has 2 aromatic heterocycles. The molecule has 0 fully saturated rings. The van der Waals surface area contributed by atoms with Crippen LogP contribution in [0.15, 0.2) is 41.3 Å². The highest BCUT2D eigenvalue weighted by atomic mass is 35.5. The molecule has 12 heteroatoms. The summed E-state index contributed by atoms with van der Waals surface area (Å²) in [5, 5.41) is -0.422. The molecule has 0 unspecified atom stereocenters. The van der Waals surface area contributed by atoms with Crippen LogP contribution < -0.4 is 15.4 Å². The molecule has 3 aromatic rings. The molecule has 34 heavy (non-hydrogen) atoms. The Balaban J connectivity index is 1.84. The molecular formula is C22H16ClF5N4O2. The average molecular weight is 499 g/mol. The number of H-pyrrole nitrogens is 1. The number of aromatic nitrogens is 2. The van der Waals surface area contributed by atoms with Crippen molar-refractivity contribution < 1.29 is 26.7 Å². The average Bonchev–Trinajstić information content (AvgIpc) is 3.15. The maximum Gasteiger partial charge on any atom is 0.416 e. The molecule has 3 heterocycles. The van der Waals surface area contributed by atoms with Crippen molar-refractivity contribution in [1.82, 2.24) is 9.97 Å². The van der Waals surface area contributed by atoms with Gasteiger partial charge in [0.15, 0.2) is 0 Å². The number of fused-ring (bicyclic) bond motifs is 1. The largest absolute Gasteiger partial charge is 0.416 e. The Kier molecular flexibility index (Phi) is 5.84. The second-order valence-corrected chi connectivity index (χ2v) is 8.14. The summed E-state index contributed by atoms with van der Waals surface area (Å²) in [5.41, 5.74) is -1.46. The number of benzene rings is 1. The summed E-state index contributed by atoms with van der Waals surface area (Å²) in [7, 11) is 1.21. The van der Waals surface area contributed by atoms with Crippen molar-refractivity contribution in [2.45, 2.75) is 25.6 Å². The monoisotopic (exact) mass is 498 g/mol. The fourth-order valence-electron chi connectivity index (χ4n) is 3.91. The van der Waals surface area contributed by atoms with Crippen LogP contribution in [0.2, 0.25) is 5.02 Å². The molecule has 1 amide bonds. The molecule has 1 aromatic carbocycles. The van der Waals surface area contributed by atoms with E-state index in [-0.39, 0.29) is 34.9 Å². The minimum Gasteiger partial charge on any atom is -0.329 e. The van der Waals surface area contributed by atoms with Crippen molar-refractivity contribution in [2.24, 2.45) is 0 Å². The molecule has 1 aliphatic heterocycles. The number of aromatic amines is 1. The van der Waals surface area contributed by atoms with Gasteiger partial charge in [0.2, 0.25) is 5.91 Å². The Morgan fingerprint density at radius 3 is 2.59 bits per heavy atom. The molecule has 1 atom stereocenters. The molecule has 0 radical (unpaired) electrons. The Morgan fingerprint density at radius 2 is 1.91 bits per heavy atom.